The largest absolute Gasteiger partial charge is 0.480 e. The molecule has 99 valence electrons. The van der Waals surface area contributed by atoms with E-state index < -0.39 is 16.3 Å². The van der Waals surface area contributed by atoms with Gasteiger partial charge in [0.25, 0.3) is 0 Å². The fourth-order valence-corrected chi connectivity index (χ4v) is 5.75. The Morgan fingerprint density at radius 1 is 1.50 bits per heavy atom. The van der Waals surface area contributed by atoms with Crippen LogP contribution in [0.2, 0.25) is 0 Å². The quantitative estimate of drug-likeness (QED) is 0.657. The smallest absolute Gasteiger partial charge is 0.321 e. The Morgan fingerprint density at radius 3 is 2.78 bits per heavy atom. The minimum Gasteiger partial charge on any atom is -0.480 e. The number of aliphatic carboxylic acids is 1. The van der Waals surface area contributed by atoms with Crippen LogP contribution in [0.25, 0.3) is 0 Å². The Labute approximate surface area is 125 Å². The summed E-state index contributed by atoms with van der Waals surface area (Å²) in [6.07, 6.45) is 0. The summed E-state index contributed by atoms with van der Waals surface area (Å²) < 4.78 is -0.465. The Morgan fingerprint density at radius 2 is 2.17 bits per heavy atom. The van der Waals surface area contributed by atoms with Gasteiger partial charge in [-0.3, -0.25) is 21.5 Å². The van der Waals surface area contributed by atoms with Crippen molar-refractivity contribution in [3.63, 3.8) is 0 Å². The van der Waals surface area contributed by atoms with E-state index in [1.165, 1.54) is 0 Å². The topological polar surface area (TPSA) is 72.9 Å². The maximum absolute atomic E-state index is 12.1. The zero-order valence-electron chi connectivity index (χ0n) is 9.40. The van der Waals surface area contributed by atoms with Crippen molar-refractivity contribution in [1.82, 2.24) is 15.1 Å². The first-order valence-corrected chi connectivity index (χ1v) is 7.19. The molecule has 2 N–H and O–H groups in total. The molecular formula is C9H12N3O3S2V-. The second-order valence-corrected chi connectivity index (χ2v) is 6.80. The maximum atomic E-state index is 12.1. The third kappa shape index (κ3) is 1.74. The molecule has 0 aromatic rings. The van der Waals surface area contributed by atoms with Gasteiger partial charge in [0.2, 0.25) is 5.91 Å². The standard InChI is InChI=1S/C9H12N3O3S2.V/c1-10-5-2-16-9-11(4-12(9)7(5)13)6(3-17-9)8(14)15;/h5-6,10H,1-4H2,(H,14,15);/q-1;. The van der Waals surface area contributed by atoms with Gasteiger partial charge in [-0.25, -0.2) is 4.90 Å². The second-order valence-electron chi connectivity index (χ2n) is 4.16. The van der Waals surface area contributed by atoms with E-state index in [-0.39, 0.29) is 30.5 Å². The van der Waals surface area contributed by atoms with Gasteiger partial charge in [-0.2, -0.15) is 0 Å². The first-order valence-electron chi connectivity index (χ1n) is 5.22. The fraction of sp³-hybridized carbons (Fsp3) is 0.667. The fourth-order valence-electron chi connectivity index (χ4n) is 2.36. The van der Waals surface area contributed by atoms with E-state index in [1.54, 1.807) is 28.4 Å². The van der Waals surface area contributed by atoms with Crippen molar-refractivity contribution in [3.8, 4) is 0 Å². The summed E-state index contributed by atoms with van der Waals surface area (Å²) in [6, 6.07) is -0.724. The molecule has 18 heavy (non-hydrogen) atoms. The van der Waals surface area contributed by atoms with E-state index in [0.717, 1.165) is 0 Å². The molecule has 3 fully saturated rings. The van der Waals surface area contributed by atoms with Crippen LogP contribution < -0.4 is 5.32 Å². The van der Waals surface area contributed by atoms with Crippen molar-refractivity contribution in [2.24, 2.45) is 0 Å². The average Bonchev–Trinajstić information content (AvgIpc) is 2.53. The average molecular weight is 325 g/mol. The molecule has 3 atom stereocenters. The molecule has 0 aliphatic carbocycles. The summed E-state index contributed by atoms with van der Waals surface area (Å²) in [7, 11) is 3.54. The van der Waals surface area contributed by atoms with Crippen LogP contribution in [0, 0.1) is 7.05 Å². The minimum absolute atomic E-state index is 0. The van der Waals surface area contributed by atoms with Gasteiger partial charge in [0.1, 0.15) is 6.04 Å². The van der Waals surface area contributed by atoms with Crippen molar-refractivity contribution >= 4 is 35.4 Å². The second kappa shape index (κ2) is 4.92. The first-order chi connectivity index (χ1) is 8.10. The van der Waals surface area contributed by atoms with Gasteiger partial charge in [0.05, 0.1) is 12.7 Å². The molecular weight excluding hydrogens is 313 g/mol. The van der Waals surface area contributed by atoms with Gasteiger partial charge in [0, 0.05) is 30.1 Å². The summed E-state index contributed by atoms with van der Waals surface area (Å²) in [4.78, 5) is 26.8. The van der Waals surface area contributed by atoms with Crippen LogP contribution in [0.1, 0.15) is 0 Å². The monoisotopic (exact) mass is 325 g/mol. The molecule has 0 bridgehead atoms. The number of nitrogens with zero attached hydrogens (tertiary/aromatic N) is 2. The third-order valence-corrected chi connectivity index (χ3v) is 6.69. The molecule has 0 aromatic carbocycles. The molecule has 3 aliphatic heterocycles. The Balaban J connectivity index is 0.00000120. The number of thioether (sulfide) groups is 2. The number of carbonyl (C=O) groups is 2. The molecule has 3 saturated heterocycles. The Bertz CT molecular complexity index is 399. The van der Waals surface area contributed by atoms with Gasteiger partial charge in [-0.05, 0) is 0 Å². The molecule has 1 radical (unpaired) electrons. The van der Waals surface area contributed by atoms with Crippen LogP contribution in [0.5, 0.6) is 0 Å². The van der Waals surface area contributed by atoms with Gasteiger partial charge in [-0.1, -0.05) is 0 Å². The molecule has 0 aromatic heterocycles. The van der Waals surface area contributed by atoms with E-state index in [1.807, 2.05) is 4.90 Å². The van der Waals surface area contributed by atoms with Crippen LogP contribution in [-0.4, -0.2) is 61.4 Å². The summed E-state index contributed by atoms with van der Waals surface area (Å²) >= 11 is 3.16. The number of rotatable bonds is 2. The summed E-state index contributed by atoms with van der Waals surface area (Å²) in [6.45, 7) is 0.411. The summed E-state index contributed by atoms with van der Waals surface area (Å²) in [5, 5.41) is 11.8. The van der Waals surface area contributed by atoms with Crippen LogP contribution >= 0.6 is 23.5 Å². The molecule has 6 nitrogen and oxygen atoms in total. The van der Waals surface area contributed by atoms with E-state index in [4.69, 9.17) is 5.11 Å². The van der Waals surface area contributed by atoms with Gasteiger partial charge < -0.3 is 10.4 Å². The molecule has 3 aliphatic rings. The number of hydrogen-bond donors (Lipinski definition) is 2. The van der Waals surface area contributed by atoms with Gasteiger partial charge >= 0.3 is 5.97 Å². The van der Waals surface area contributed by atoms with Crippen LogP contribution in [0.4, 0.5) is 0 Å². The first kappa shape index (κ1) is 14.6. The predicted molar refractivity (Wildman–Crippen MR) is 64.9 cm³/mol. The van der Waals surface area contributed by atoms with E-state index in [9.17, 15) is 9.59 Å². The number of hydrogen-bond acceptors (Lipinski definition) is 6. The predicted octanol–water partition coefficient (Wildman–Crippen LogP) is -0.607. The van der Waals surface area contributed by atoms with Gasteiger partial charge in [-0.15, -0.1) is 23.5 Å². The van der Waals surface area contributed by atoms with Crippen molar-refractivity contribution in [2.45, 2.75) is 16.4 Å². The Kier molecular flexibility index (Phi) is 3.98. The molecule has 9 heteroatoms. The minimum atomic E-state index is -0.806. The number of carboxylic acid groups (broad SMARTS) is 1. The van der Waals surface area contributed by atoms with E-state index >= 15 is 0 Å². The number of nitrogens with one attached hydrogen (secondary N) is 1. The number of carboxylic acids is 1. The maximum Gasteiger partial charge on any atom is 0.321 e. The van der Waals surface area contributed by atoms with Crippen LogP contribution in [0.15, 0.2) is 0 Å². The zero-order valence-corrected chi connectivity index (χ0v) is 12.4. The molecule has 1 amide bonds. The van der Waals surface area contributed by atoms with Crippen molar-refractivity contribution in [2.75, 3.05) is 18.2 Å². The normalized spacial score (nSPS) is 38.5. The van der Waals surface area contributed by atoms with Crippen LogP contribution in [-0.2, 0) is 28.1 Å². The van der Waals surface area contributed by atoms with Crippen molar-refractivity contribution < 1.29 is 33.3 Å². The van der Waals surface area contributed by atoms with E-state index in [0.29, 0.717) is 18.2 Å². The molecule has 3 heterocycles. The van der Waals surface area contributed by atoms with E-state index in [2.05, 4.69) is 12.4 Å². The van der Waals surface area contributed by atoms with Gasteiger partial charge in [0.15, 0.2) is 4.33 Å². The van der Waals surface area contributed by atoms with Crippen LogP contribution in [0.3, 0.4) is 0 Å². The SMILES string of the molecule is [CH2-]NC1CSC23SCC(C(=O)O)N2CN3C1=O.[V]. The molecule has 3 unspecified atom stereocenters. The Hall–Kier alpha value is 0.144. The van der Waals surface area contributed by atoms with Crippen molar-refractivity contribution in [3.05, 3.63) is 7.05 Å². The summed E-state index contributed by atoms with van der Waals surface area (Å²) in [5.41, 5.74) is 0. The number of carbonyl (C=O) groups excluding carboxylic acids is 1. The summed E-state index contributed by atoms with van der Waals surface area (Å²) in [5.74, 6) is 0.386. The molecule has 3 rings (SSSR count). The zero-order chi connectivity index (χ0) is 12.2. The number of amides is 1. The molecule has 1 spiro atoms. The van der Waals surface area contributed by atoms with Crippen molar-refractivity contribution in [1.29, 1.82) is 0 Å². The molecule has 0 saturated carbocycles. The third-order valence-electron chi connectivity index (χ3n) is 3.34.